The van der Waals surface area contributed by atoms with Gasteiger partial charge in [0.05, 0.1) is 0 Å². The van der Waals surface area contributed by atoms with Gasteiger partial charge in [-0.25, -0.2) is 4.39 Å². The topological polar surface area (TPSA) is 35.7 Å². The van der Waals surface area contributed by atoms with Gasteiger partial charge < -0.3 is 10.6 Å². The molecule has 58 heavy (non-hydrogen) atoms. The molecule has 0 radical (unpaired) electrons. The largest absolute Gasteiger partial charge is 0.398 e. The monoisotopic (exact) mass is 787 g/mol. The van der Waals surface area contributed by atoms with E-state index >= 15 is 0 Å². The fourth-order valence-corrected chi connectivity index (χ4v) is 10.5. The number of allylic oxidation sites excluding steroid dienone is 2. The van der Waals surface area contributed by atoms with Crippen LogP contribution in [-0.4, -0.2) is 55.6 Å². The van der Waals surface area contributed by atoms with Crippen molar-refractivity contribution in [2.75, 3.05) is 50.7 Å². The first kappa shape index (κ1) is 45.2. The highest BCUT2D eigenvalue weighted by atomic mass is 19.1. The summed E-state index contributed by atoms with van der Waals surface area (Å²) in [5.74, 6) is -0.215. The maximum atomic E-state index is 14.5. The van der Waals surface area contributed by atoms with Crippen molar-refractivity contribution in [1.29, 1.82) is 0 Å². The first-order valence-corrected chi connectivity index (χ1v) is 22.5. The molecule has 2 saturated heterocycles. The van der Waals surface area contributed by atoms with Crippen molar-refractivity contribution in [2.45, 2.75) is 120 Å². The summed E-state index contributed by atoms with van der Waals surface area (Å²) >= 11 is 0. The summed E-state index contributed by atoms with van der Waals surface area (Å²) in [5.41, 5.74) is 19.1. The van der Waals surface area contributed by atoms with E-state index in [1.807, 2.05) is 26.8 Å². The van der Waals surface area contributed by atoms with Gasteiger partial charge in [-0.15, -0.1) is 6.58 Å². The highest BCUT2D eigenvalue weighted by Gasteiger charge is 2.55. The van der Waals surface area contributed by atoms with Crippen LogP contribution >= 0.6 is 0 Å². The van der Waals surface area contributed by atoms with E-state index in [2.05, 4.69) is 117 Å². The van der Waals surface area contributed by atoms with Crippen molar-refractivity contribution in [3.8, 4) is 11.1 Å². The normalized spacial score (nSPS) is 17.5. The van der Waals surface area contributed by atoms with Gasteiger partial charge in [0.25, 0.3) is 0 Å². The molecular weight excluding hydrogens is 712 g/mol. The van der Waals surface area contributed by atoms with Crippen LogP contribution in [0.4, 0.5) is 10.1 Å². The Kier molecular flexibility index (Phi) is 15.9. The van der Waals surface area contributed by atoms with E-state index in [9.17, 15) is 4.39 Å². The number of anilines is 1. The van der Waals surface area contributed by atoms with E-state index in [-0.39, 0.29) is 5.82 Å². The standard InChI is InChI=1S/C32H41N.C18H28FN3.C3H6/c1-6-11-26-12-9-14-28-27(26)13-10-15-29(28)30-24(7-2)16-23(17-25(30)8-3)18-33-21-32(22-33)19-31(4,5)20-32;1-4-6-17(20)18-14(3)12-15(13-16(18)19)22-10-8-21(7-5-2)9-11-22;1-3-2/h9-10,12-17H,6-8,11,18-22H2,1-5H3;6,12-13H,4-5,7-11,20H2,1-3H3;3H,1H2,2H3/b;17-6+;. The lowest BCUT2D eigenvalue weighted by Gasteiger charge is -2.63. The molecule has 4 aromatic rings. The highest BCUT2D eigenvalue weighted by Crippen LogP contribution is 2.58. The third-order valence-corrected chi connectivity index (χ3v) is 12.4. The molecule has 7 rings (SSSR count). The molecule has 2 N–H and O–H groups in total. The molecule has 1 saturated carbocycles. The SMILES string of the molecule is C=CC.CC/C=C(/N)c1c(C)cc(N2CCN(CCC)CC2)cc1F.CCCc1cccc2c(-c3c(CC)cc(CN4CC5(C4)CC(C)(C)C5)cc3CC)cccc12. The predicted molar refractivity (Wildman–Crippen MR) is 251 cm³/mol. The molecule has 4 nitrogen and oxygen atoms in total. The van der Waals surface area contributed by atoms with Crippen molar-refractivity contribution in [3.05, 3.63) is 119 Å². The van der Waals surface area contributed by atoms with Crippen LogP contribution in [0, 0.1) is 23.6 Å². The van der Waals surface area contributed by atoms with Crippen molar-refractivity contribution in [1.82, 2.24) is 9.80 Å². The number of fused-ring (bicyclic) bond motifs is 1. The summed E-state index contributed by atoms with van der Waals surface area (Å²) in [5, 5.41) is 2.84. The number of piperazine rings is 1. The van der Waals surface area contributed by atoms with Gasteiger partial charge in [0.15, 0.2) is 0 Å². The van der Waals surface area contributed by atoms with Gasteiger partial charge in [-0.3, -0.25) is 9.80 Å². The molecule has 3 fully saturated rings. The average molecular weight is 787 g/mol. The maximum absolute atomic E-state index is 14.5. The Labute approximate surface area is 352 Å². The molecule has 2 heterocycles. The zero-order chi connectivity index (χ0) is 42.0. The first-order chi connectivity index (χ1) is 27.8. The molecule has 2 aliphatic heterocycles. The summed E-state index contributed by atoms with van der Waals surface area (Å²) in [4.78, 5) is 7.42. The molecule has 0 unspecified atom stereocenters. The second kappa shape index (κ2) is 20.4. The van der Waals surface area contributed by atoms with Crippen molar-refractivity contribution in [2.24, 2.45) is 16.6 Å². The van der Waals surface area contributed by atoms with E-state index in [0.29, 0.717) is 22.1 Å². The van der Waals surface area contributed by atoms with Crippen LogP contribution in [0.15, 0.2) is 79.4 Å². The predicted octanol–water partition coefficient (Wildman–Crippen LogP) is 12.8. The third-order valence-electron chi connectivity index (χ3n) is 12.4. The molecule has 0 aromatic heterocycles. The number of benzene rings is 4. The summed E-state index contributed by atoms with van der Waals surface area (Å²) in [6.45, 7) is 32.0. The molecule has 3 aliphatic rings. The van der Waals surface area contributed by atoms with Gasteiger partial charge in [0.1, 0.15) is 5.82 Å². The van der Waals surface area contributed by atoms with Crippen LogP contribution in [0.25, 0.3) is 27.6 Å². The smallest absolute Gasteiger partial charge is 0.134 e. The molecule has 1 aliphatic carbocycles. The highest BCUT2D eigenvalue weighted by molar-refractivity contribution is 5.99. The Morgan fingerprint density at radius 1 is 0.810 bits per heavy atom. The fourth-order valence-electron chi connectivity index (χ4n) is 10.5. The van der Waals surface area contributed by atoms with Gasteiger partial charge in [0, 0.05) is 62.8 Å². The third kappa shape index (κ3) is 10.6. The minimum Gasteiger partial charge on any atom is -0.398 e. The van der Waals surface area contributed by atoms with Crippen LogP contribution in [0.2, 0.25) is 0 Å². The van der Waals surface area contributed by atoms with E-state index in [0.717, 1.165) is 76.2 Å². The van der Waals surface area contributed by atoms with E-state index < -0.39 is 0 Å². The summed E-state index contributed by atoms with van der Waals surface area (Å²) in [7, 11) is 0. The fraction of sp³-hybridized carbons (Fsp3) is 0.509. The quantitative estimate of drug-likeness (QED) is 0.145. The molecule has 5 heteroatoms. The Bertz CT molecular complexity index is 1950. The number of rotatable bonds is 12. The molecule has 0 atom stereocenters. The van der Waals surface area contributed by atoms with Gasteiger partial charge in [-0.1, -0.05) is 116 Å². The molecule has 4 aromatic carbocycles. The number of halogens is 1. The Morgan fingerprint density at radius 3 is 1.98 bits per heavy atom. The van der Waals surface area contributed by atoms with Crippen molar-refractivity contribution in [3.63, 3.8) is 0 Å². The van der Waals surface area contributed by atoms with Crippen molar-refractivity contribution < 1.29 is 4.39 Å². The van der Waals surface area contributed by atoms with E-state index in [1.165, 1.54) is 82.9 Å². The zero-order valence-electron chi connectivity index (χ0n) is 37.7. The molecule has 0 amide bonds. The molecule has 314 valence electrons. The second-order valence-electron chi connectivity index (χ2n) is 18.2. The van der Waals surface area contributed by atoms with Gasteiger partial charge >= 0.3 is 0 Å². The average Bonchev–Trinajstić information content (AvgIpc) is 3.17. The minimum absolute atomic E-state index is 0.215. The van der Waals surface area contributed by atoms with Gasteiger partial charge in [-0.2, -0.15) is 0 Å². The van der Waals surface area contributed by atoms with Gasteiger partial charge in [0.2, 0.25) is 0 Å². The minimum atomic E-state index is -0.215. The lowest BCUT2D eigenvalue weighted by atomic mass is 9.51. The maximum Gasteiger partial charge on any atom is 0.134 e. The molecule has 0 bridgehead atoms. The van der Waals surface area contributed by atoms with Crippen molar-refractivity contribution >= 4 is 22.2 Å². The van der Waals surface area contributed by atoms with Crippen LogP contribution < -0.4 is 10.6 Å². The van der Waals surface area contributed by atoms with Crippen LogP contribution in [0.1, 0.15) is 121 Å². The second-order valence-corrected chi connectivity index (χ2v) is 18.2. The number of aryl methyl sites for hydroxylation is 4. The van der Waals surface area contributed by atoms with Gasteiger partial charge in [-0.05, 0) is 138 Å². The summed E-state index contributed by atoms with van der Waals surface area (Å²) in [6, 6.07) is 22.5. The van der Waals surface area contributed by atoms with Crippen LogP contribution in [0.5, 0.6) is 0 Å². The first-order valence-electron chi connectivity index (χ1n) is 22.5. The Hall–Kier alpha value is -3.93. The number of nitrogens with two attached hydrogens (primary N) is 1. The van der Waals surface area contributed by atoms with E-state index in [1.54, 1.807) is 12.1 Å². The molecule has 1 spiro atoms. The number of hydrogen-bond acceptors (Lipinski definition) is 4. The lowest BCUT2D eigenvalue weighted by molar-refractivity contribution is -0.132. The van der Waals surface area contributed by atoms with Crippen LogP contribution in [-0.2, 0) is 25.8 Å². The number of nitrogens with zero attached hydrogens (tertiary/aromatic N) is 3. The number of hydrogen-bond donors (Lipinski definition) is 1. The zero-order valence-corrected chi connectivity index (χ0v) is 37.7. The Balaban J connectivity index is 0.000000223. The Morgan fingerprint density at radius 2 is 1.43 bits per heavy atom. The summed E-state index contributed by atoms with van der Waals surface area (Å²) < 4.78 is 14.5. The lowest BCUT2D eigenvalue weighted by Crippen LogP contribution is -2.63. The number of likely N-dealkylation sites (tertiary alicyclic amines) is 1. The summed E-state index contributed by atoms with van der Waals surface area (Å²) in [6.07, 6.45) is 12.9. The van der Waals surface area contributed by atoms with E-state index in [4.69, 9.17) is 5.73 Å². The van der Waals surface area contributed by atoms with Crippen LogP contribution in [0.3, 0.4) is 0 Å². The molecular formula is C53H75FN4.